The van der Waals surface area contributed by atoms with E-state index < -0.39 is 0 Å². The maximum Gasteiger partial charge on any atom is 0.228 e. The van der Waals surface area contributed by atoms with Gasteiger partial charge in [0.15, 0.2) is 0 Å². The van der Waals surface area contributed by atoms with Crippen LogP contribution in [0.3, 0.4) is 0 Å². The van der Waals surface area contributed by atoms with Gasteiger partial charge in [-0.1, -0.05) is 24.3 Å². The zero-order chi connectivity index (χ0) is 14.1. The molecule has 0 fully saturated rings. The Bertz CT molecular complexity index is 648. The first-order valence-corrected chi connectivity index (χ1v) is 7.72. The average Bonchev–Trinajstić information content (AvgIpc) is 2.76. The standard InChI is InChI=1S/C16H18N2OS/c1-11-15(20-12(2)17-11)9-16(19)18-8-7-13-5-3-4-6-14(13)10-18/h3-6H,7-10H2,1-2H3. The van der Waals surface area contributed by atoms with Crippen molar-refractivity contribution in [1.82, 2.24) is 9.88 Å². The Morgan fingerprint density at radius 2 is 2.05 bits per heavy atom. The third-order valence-electron chi connectivity index (χ3n) is 3.79. The van der Waals surface area contributed by atoms with Gasteiger partial charge >= 0.3 is 0 Å². The van der Waals surface area contributed by atoms with E-state index in [1.165, 1.54) is 11.1 Å². The van der Waals surface area contributed by atoms with Crippen LogP contribution in [0.4, 0.5) is 0 Å². The van der Waals surface area contributed by atoms with Crippen molar-refractivity contribution in [2.75, 3.05) is 6.54 Å². The SMILES string of the molecule is Cc1nc(C)c(CC(=O)N2CCc3ccccc3C2)s1. The van der Waals surface area contributed by atoms with Crippen LogP contribution in [0, 0.1) is 13.8 Å². The molecule has 0 atom stereocenters. The Morgan fingerprint density at radius 1 is 1.30 bits per heavy atom. The van der Waals surface area contributed by atoms with Crippen molar-refractivity contribution >= 4 is 17.2 Å². The lowest BCUT2D eigenvalue weighted by molar-refractivity contribution is -0.131. The minimum absolute atomic E-state index is 0.214. The summed E-state index contributed by atoms with van der Waals surface area (Å²) in [7, 11) is 0. The van der Waals surface area contributed by atoms with E-state index in [2.05, 4.69) is 23.2 Å². The van der Waals surface area contributed by atoms with Gasteiger partial charge in [0.2, 0.25) is 5.91 Å². The number of rotatable bonds is 2. The molecule has 2 heterocycles. The van der Waals surface area contributed by atoms with Gasteiger partial charge in [0, 0.05) is 18.0 Å². The minimum Gasteiger partial charge on any atom is -0.338 e. The lowest BCUT2D eigenvalue weighted by Gasteiger charge is -2.28. The Balaban J connectivity index is 1.72. The van der Waals surface area contributed by atoms with Crippen molar-refractivity contribution in [3.63, 3.8) is 0 Å². The number of thiazole rings is 1. The minimum atomic E-state index is 0.214. The zero-order valence-electron chi connectivity index (χ0n) is 11.8. The van der Waals surface area contributed by atoms with Gasteiger partial charge in [0.1, 0.15) is 0 Å². The number of hydrogen-bond donors (Lipinski definition) is 0. The van der Waals surface area contributed by atoms with Gasteiger partial charge in [-0.25, -0.2) is 4.98 Å². The van der Waals surface area contributed by atoms with Crippen molar-refractivity contribution in [3.05, 3.63) is 51.0 Å². The normalized spacial score (nSPS) is 14.2. The van der Waals surface area contributed by atoms with Crippen molar-refractivity contribution in [2.24, 2.45) is 0 Å². The molecular formula is C16H18N2OS. The second kappa shape index (κ2) is 5.37. The third kappa shape index (κ3) is 2.61. The molecule has 0 saturated carbocycles. The van der Waals surface area contributed by atoms with Crippen LogP contribution in [0.1, 0.15) is 26.7 Å². The maximum absolute atomic E-state index is 12.4. The Morgan fingerprint density at radius 3 is 2.75 bits per heavy atom. The molecule has 0 spiro atoms. The maximum atomic E-state index is 12.4. The number of amides is 1. The Labute approximate surface area is 123 Å². The largest absolute Gasteiger partial charge is 0.338 e. The zero-order valence-corrected chi connectivity index (χ0v) is 12.7. The number of fused-ring (bicyclic) bond motifs is 1. The molecular weight excluding hydrogens is 268 g/mol. The van der Waals surface area contributed by atoms with Gasteiger partial charge in [-0.05, 0) is 31.4 Å². The molecule has 0 unspecified atom stereocenters. The molecule has 0 aliphatic carbocycles. The topological polar surface area (TPSA) is 33.2 Å². The molecule has 1 aliphatic rings. The molecule has 0 N–H and O–H groups in total. The number of benzene rings is 1. The van der Waals surface area contributed by atoms with Crippen LogP contribution in [0.15, 0.2) is 24.3 Å². The van der Waals surface area contributed by atoms with Gasteiger partial charge in [-0.3, -0.25) is 4.79 Å². The van der Waals surface area contributed by atoms with Crippen molar-refractivity contribution in [3.8, 4) is 0 Å². The summed E-state index contributed by atoms with van der Waals surface area (Å²) < 4.78 is 0. The second-order valence-electron chi connectivity index (χ2n) is 5.25. The molecule has 4 heteroatoms. The number of carbonyl (C=O) groups is 1. The second-order valence-corrected chi connectivity index (χ2v) is 6.54. The fraction of sp³-hybridized carbons (Fsp3) is 0.375. The molecule has 1 aromatic carbocycles. The molecule has 3 rings (SSSR count). The highest BCUT2D eigenvalue weighted by Gasteiger charge is 2.21. The quantitative estimate of drug-likeness (QED) is 0.850. The van der Waals surface area contributed by atoms with E-state index in [0.717, 1.165) is 35.1 Å². The lowest BCUT2D eigenvalue weighted by Crippen LogP contribution is -2.36. The lowest BCUT2D eigenvalue weighted by atomic mass is 10.00. The predicted octanol–water partition coefficient (Wildman–Crippen LogP) is 2.89. The molecule has 104 valence electrons. The summed E-state index contributed by atoms with van der Waals surface area (Å²) in [5.41, 5.74) is 3.66. The van der Waals surface area contributed by atoms with E-state index in [1.54, 1.807) is 11.3 Å². The highest BCUT2D eigenvalue weighted by molar-refractivity contribution is 7.11. The number of aromatic nitrogens is 1. The molecule has 0 radical (unpaired) electrons. The summed E-state index contributed by atoms with van der Waals surface area (Å²) in [6, 6.07) is 8.40. The molecule has 1 amide bonds. The van der Waals surface area contributed by atoms with Gasteiger partial charge in [-0.15, -0.1) is 11.3 Å². The van der Waals surface area contributed by atoms with Crippen LogP contribution < -0.4 is 0 Å². The first kappa shape index (κ1) is 13.3. The molecule has 0 bridgehead atoms. The van der Waals surface area contributed by atoms with Crippen LogP contribution in [-0.4, -0.2) is 22.3 Å². The summed E-state index contributed by atoms with van der Waals surface area (Å²) in [5, 5.41) is 1.04. The van der Waals surface area contributed by atoms with Gasteiger partial charge in [0.25, 0.3) is 0 Å². The molecule has 3 nitrogen and oxygen atoms in total. The van der Waals surface area contributed by atoms with Gasteiger partial charge in [0.05, 0.1) is 17.1 Å². The fourth-order valence-electron chi connectivity index (χ4n) is 2.70. The fourth-order valence-corrected chi connectivity index (χ4v) is 3.62. The molecule has 1 aliphatic heterocycles. The summed E-state index contributed by atoms with van der Waals surface area (Å²) in [6.45, 7) is 5.54. The summed E-state index contributed by atoms with van der Waals surface area (Å²) in [5.74, 6) is 0.214. The van der Waals surface area contributed by atoms with Gasteiger partial charge < -0.3 is 4.90 Å². The summed E-state index contributed by atoms with van der Waals surface area (Å²) in [4.78, 5) is 19.9. The van der Waals surface area contributed by atoms with Crippen LogP contribution in [0.25, 0.3) is 0 Å². The number of aryl methyl sites for hydroxylation is 2. The van der Waals surface area contributed by atoms with Crippen molar-refractivity contribution < 1.29 is 4.79 Å². The smallest absolute Gasteiger partial charge is 0.228 e. The first-order chi connectivity index (χ1) is 9.63. The third-order valence-corrected chi connectivity index (χ3v) is 4.87. The molecule has 2 aromatic rings. The van der Waals surface area contributed by atoms with Crippen LogP contribution in [0.2, 0.25) is 0 Å². The van der Waals surface area contributed by atoms with E-state index >= 15 is 0 Å². The summed E-state index contributed by atoms with van der Waals surface area (Å²) >= 11 is 1.63. The highest BCUT2D eigenvalue weighted by Crippen LogP contribution is 2.22. The Hall–Kier alpha value is -1.68. The Kier molecular flexibility index (Phi) is 3.57. The van der Waals surface area contributed by atoms with Crippen LogP contribution in [0.5, 0.6) is 0 Å². The highest BCUT2D eigenvalue weighted by atomic mass is 32.1. The number of hydrogen-bond acceptors (Lipinski definition) is 3. The van der Waals surface area contributed by atoms with E-state index in [-0.39, 0.29) is 5.91 Å². The van der Waals surface area contributed by atoms with Crippen molar-refractivity contribution in [1.29, 1.82) is 0 Å². The van der Waals surface area contributed by atoms with Gasteiger partial charge in [-0.2, -0.15) is 0 Å². The number of nitrogens with zero attached hydrogens (tertiary/aromatic N) is 2. The van der Waals surface area contributed by atoms with E-state index in [0.29, 0.717) is 6.42 Å². The molecule has 20 heavy (non-hydrogen) atoms. The monoisotopic (exact) mass is 286 g/mol. The van der Waals surface area contributed by atoms with Crippen LogP contribution >= 0.6 is 11.3 Å². The summed E-state index contributed by atoms with van der Waals surface area (Å²) in [6.07, 6.45) is 1.45. The number of carbonyl (C=O) groups excluding carboxylic acids is 1. The van der Waals surface area contributed by atoms with E-state index in [9.17, 15) is 4.79 Å². The molecule has 1 aromatic heterocycles. The predicted molar refractivity (Wildman–Crippen MR) is 80.9 cm³/mol. The van der Waals surface area contributed by atoms with Crippen LogP contribution in [-0.2, 0) is 24.2 Å². The van der Waals surface area contributed by atoms with Crippen molar-refractivity contribution in [2.45, 2.75) is 33.2 Å². The molecule has 0 saturated heterocycles. The average molecular weight is 286 g/mol. The van der Waals surface area contributed by atoms with E-state index in [1.807, 2.05) is 24.8 Å². The first-order valence-electron chi connectivity index (χ1n) is 6.91. The van der Waals surface area contributed by atoms with E-state index in [4.69, 9.17) is 0 Å².